The molecular weight excluding hydrogens is 340 g/mol. The fourth-order valence-electron chi connectivity index (χ4n) is 2.63. The van der Waals surface area contributed by atoms with Crippen LogP contribution in [0.1, 0.15) is 30.6 Å². The molecule has 0 aromatic heterocycles. The minimum atomic E-state index is -0.958. The van der Waals surface area contributed by atoms with E-state index in [1.54, 1.807) is 18.7 Å². The lowest BCUT2D eigenvalue weighted by Gasteiger charge is -2.27. The van der Waals surface area contributed by atoms with Crippen LogP contribution in [0.2, 0.25) is 0 Å². The molecule has 1 aromatic carbocycles. The summed E-state index contributed by atoms with van der Waals surface area (Å²) >= 11 is 0. The standard InChI is InChI=1S/C16H21F2N3O2.ClH/c1-9(2)14(16(23)21-7-6-10(19)8-21)20-15(22)13-11(17)4-3-5-12(13)18;/h3-5,9-10,14H,6-8,19H2,1-2H3,(H,20,22);1H/t10-,14?;/m1./s1. The molecule has 1 aromatic rings. The number of rotatable bonds is 4. The number of benzene rings is 1. The van der Waals surface area contributed by atoms with E-state index in [1.165, 1.54) is 6.07 Å². The molecule has 0 aliphatic carbocycles. The maximum Gasteiger partial charge on any atom is 0.257 e. The zero-order chi connectivity index (χ0) is 17.1. The Bertz CT molecular complexity index is 593. The number of nitrogens with two attached hydrogens (primary N) is 1. The van der Waals surface area contributed by atoms with Crippen LogP contribution < -0.4 is 11.1 Å². The van der Waals surface area contributed by atoms with Crippen molar-refractivity contribution < 1.29 is 18.4 Å². The zero-order valence-corrected chi connectivity index (χ0v) is 14.4. The maximum atomic E-state index is 13.7. The Morgan fingerprint density at radius 3 is 2.33 bits per heavy atom. The van der Waals surface area contributed by atoms with Crippen molar-refractivity contribution in [1.82, 2.24) is 10.2 Å². The fourth-order valence-corrected chi connectivity index (χ4v) is 2.63. The average Bonchev–Trinajstić information content (AvgIpc) is 2.90. The molecule has 2 atom stereocenters. The highest BCUT2D eigenvalue weighted by Crippen LogP contribution is 2.16. The van der Waals surface area contributed by atoms with Crippen molar-refractivity contribution in [2.24, 2.45) is 11.7 Å². The number of hydrogen-bond acceptors (Lipinski definition) is 3. The Balaban J connectivity index is 0.00000288. The summed E-state index contributed by atoms with van der Waals surface area (Å²) in [7, 11) is 0. The molecule has 0 saturated carbocycles. The number of likely N-dealkylation sites (tertiary alicyclic amines) is 1. The molecular formula is C16H22ClF2N3O2. The highest BCUT2D eigenvalue weighted by Gasteiger charge is 2.33. The van der Waals surface area contributed by atoms with Crippen molar-refractivity contribution in [3.63, 3.8) is 0 Å². The minimum absolute atomic E-state index is 0. The lowest BCUT2D eigenvalue weighted by atomic mass is 10.0. The Morgan fingerprint density at radius 2 is 1.88 bits per heavy atom. The molecule has 1 aliphatic heterocycles. The number of nitrogens with one attached hydrogen (secondary N) is 1. The van der Waals surface area contributed by atoms with Gasteiger partial charge in [0.2, 0.25) is 5.91 Å². The van der Waals surface area contributed by atoms with Gasteiger partial charge >= 0.3 is 0 Å². The fraction of sp³-hybridized carbons (Fsp3) is 0.500. The second-order valence-electron chi connectivity index (χ2n) is 6.12. The van der Waals surface area contributed by atoms with Crippen molar-refractivity contribution in [2.75, 3.05) is 13.1 Å². The van der Waals surface area contributed by atoms with E-state index in [-0.39, 0.29) is 30.3 Å². The van der Waals surface area contributed by atoms with Crippen molar-refractivity contribution >= 4 is 24.2 Å². The van der Waals surface area contributed by atoms with E-state index in [0.717, 1.165) is 12.1 Å². The molecule has 2 rings (SSSR count). The van der Waals surface area contributed by atoms with Gasteiger partial charge in [0.25, 0.3) is 5.91 Å². The quantitative estimate of drug-likeness (QED) is 0.857. The number of nitrogens with zero attached hydrogens (tertiary/aromatic N) is 1. The number of hydrogen-bond donors (Lipinski definition) is 2. The first-order valence-electron chi connectivity index (χ1n) is 7.60. The summed E-state index contributed by atoms with van der Waals surface area (Å²) in [5, 5.41) is 2.45. The smallest absolute Gasteiger partial charge is 0.257 e. The first-order valence-corrected chi connectivity index (χ1v) is 7.60. The molecule has 8 heteroatoms. The first kappa shape index (κ1) is 20.3. The molecule has 1 heterocycles. The number of halogens is 3. The summed E-state index contributed by atoms with van der Waals surface area (Å²) in [5.41, 5.74) is 5.11. The van der Waals surface area contributed by atoms with E-state index < -0.39 is 29.1 Å². The SMILES string of the molecule is CC(C)C(NC(=O)c1c(F)cccc1F)C(=O)N1CC[C@@H](N)C1.Cl. The van der Waals surface area contributed by atoms with Crippen LogP contribution in [-0.2, 0) is 4.79 Å². The maximum absolute atomic E-state index is 13.7. The second-order valence-corrected chi connectivity index (χ2v) is 6.12. The lowest BCUT2D eigenvalue weighted by molar-refractivity contribution is -0.133. The van der Waals surface area contributed by atoms with E-state index in [0.29, 0.717) is 19.5 Å². The van der Waals surface area contributed by atoms with Gasteiger partial charge in [-0.15, -0.1) is 12.4 Å². The molecule has 1 saturated heterocycles. The molecule has 0 spiro atoms. The molecule has 1 fully saturated rings. The zero-order valence-electron chi connectivity index (χ0n) is 13.6. The molecule has 24 heavy (non-hydrogen) atoms. The van der Waals surface area contributed by atoms with Crippen LogP contribution in [0.5, 0.6) is 0 Å². The largest absolute Gasteiger partial charge is 0.340 e. The van der Waals surface area contributed by atoms with Gasteiger partial charge < -0.3 is 16.0 Å². The third-order valence-corrected chi connectivity index (χ3v) is 3.95. The summed E-state index contributed by atoms with van der Waals surface area (Å²) in [6.45, 7) is 4.46. The van der Waals surface area contributed by atoms with Gasteiger partial charge in [-0.2, -0.15) is 0 Å². The van der Waals surface area contributed by atoms with E-state index >= 15 is 0 Å². The van der Waals surface area contributed by atoms with Crippen LogP contribution in [0.4, 0.5) is 8.78 Å². The molecule has 3 N–H and O–H groups in total. The predicted octanol–water partition coefficient (Wildman–Crippen LogP) is 1.70. The van der Waals surface area contributed by atoms with Gasteiger partial charge in [-0.1, -0.05) is 19.9 Å². The predicted molar refractivity (Wildman–Crippen MR) is 88.9 cm³/mol. The number of amides is 2. The number of carbonyl (C=O) groups excluding carboxylic acids is 2. The monoisotopic (exact) mass is 361 g/mol. The van der Waals surface area contributed by atoms with Gasteiger partial charge in [-0.3, -0.25) is 9.59 Å². The van der Waals surface area contributed by atoms with Crippen LogP contribution in [-0.4, -0.2) is 41.9 Å². The van der Waals surface area contributed by atoms with Gasteiger partial charge in [-0.25, -0.2) is 8.78 Å². The molecule has 1 aliphatic rings. The third kappa shape index (κ3) is 4.42. The Hall–Kier alpha value is -1.73. The molecule has 5 nitrogen and oxygen atoms in total. The summed E-state index contributed by atoms with van der Waals surface area (Å²) in [5.74, 6) is -3.35. The number of carbonyl (C=O) groups is 2. The first-order chi connectivity index (χ1) is 10.8. The topological polar surface area (TPSA) is 75.4 Å². The van der Waals surface area contributed by atoms with Crippen molar-refractivity contribution in [1.29, 1.82) is 0 Å². The van der Waals surface area contributed by atoms with Crippen molar-refractivity contribution in [3.05, 3.63) is 35.4 Å². The lowest BCUT2D eigenvalue weighted by Crippen LogP contribution is -2.51. The van der Waals surface area contributed by atoms with E-state index in [2.05, 4.69) is 5.32 Å². The van der Waals surface area contributed by atoms with Crippen LogP contribution >= 0.6 is 12.4 Å². The van der Waals surface area contributed by atoms with Crippen molar-refractivity contribution in [3.8, 4) is 0 Å². The second kappa shape index (κ2) is 8.39. The van der Waals surface area contributed by atoms with E-state index in [4.69, 9.17) is 5.73 Å². The summed E-state index contributed by atoms with van der Waals surface area (Å²) in [6.07, 6.45) is 0.701. The van der Waals surface area contributed by atoms with Gasteiger partial charge in [0.15, 0.2) is 0 Å². The molecule has 1 unspecified atom stereocenters. The Labute approximate surface area is 146 Å². The van der Waals surface area contributed by atoms with Crippen LogP contribution in [0, 0.1) is 17.6 Å². The van der Waals surface area contributed by atoms with Gasteiger partial charge in [0, 0.05) is 19.1 Å². The Morgan fingerprint density at radius 1 is 1.29 bits per heavy atom. The minimum Gasteiger partial charge on any atom is -0.340 e. The van der Waals surface area contributed by atoms with Crippen LogP contribution in [0.3, 0.4) is 0 Å². The highest BCUT2D eigenvalue weighted by molar-refractivity contribution is 5.98. The van der Waals surface area contributed by atoms with Crippen LogP contribution in [0.25, 0.3) is 0 Å². The molecule has 0 bridgehead atoms. The van der Waals surface area contributed by atoms with Crippen LogP contribution in [0.15, 0.2) is 18.2 Å². The molecule has 134 valence electrons. The third-order valence-electron chi connectivity index (χ3n) is 3.95. The highest BCUT2D eigenvalue weighted by atomic mass is 35.5. The summed E-state index contributed by atoms with van der Waals surface area (Å²) < 4.78 is 27.4. The average molecular weight is 362 g/mol. The van der Waals surface area contributed by atoms with Gasteiger partial charge in [-0.05, 0) is 24.5 Å². The Kier molecular flexibility index (Phi) is 7.10. The molecule has 2 amide bonds. The molecule has 0 radical (unpaired) electrons. The van der Waals surface area contributed by atoms with Crippen molar-refractivity contribution in [2.45, 2.75) is 32.4 Å². The van der Waals surface area contributed by atoms with E-state index in [9.17, 15) is 18.4 Å². The normalized spacial score (nSPS) is 18.2. The summed E-state index contributed by atoms with van der Waals surface area (Å²) in [4.78, 5) is 26.3. The van der Waals surface area contributed by atoms with Gasteiger partial charge in [0.1, 0.15) is 23.2 Å². The summed E-state index contributed by atoms with van der Waals surface area (Å²) in [6, 6.07) is 2.25. The van der Waals surface area contributed by atoms with E-state index in [1.807, 2.05) is 0 Å². The van der Waals surface area contributed by atoms with Gasteiger partial charge in [0.05, 0.1) is 0 Å².